The van der Waals surface area contributed by atoms with Crippen LogP contribution in [0.2, 0.25) is 0 Å². The van der Waals surface area contributed by atoms with E-state index in [4.69, 9.17) is 4.42 Å². The number of barbiturate groups is 1. The van der Waals surface area contributed by atoms with Crippen LogP contribution in [0.4, 0.5) is 4.79 Å². The molecule has 1 aliphatic rings. The predicted molar refractivity (Wildman–Crippen MR) is 106 cm³/mol. The molecule has 0 spiro atoms. The molecule has 3 aromatic rings. The number of hydrogen-bond donors (Lipinski definition) is 1. The van der Waals surface area contributed by atoms with Crippen molar-refractivity contribution in [2.45, 2.75) is 13.0 Å². The molecule has 1 saturated heterocycles. The lowest BCUT2D eigenvalue weighted by molar-refractivity contribution is -0.131. The second-order valence-corrected chi connectivity index (χ2v) is 6.60. The summed E-state index contributed by atoms with van der Waals surface area (Å²) in [5, 5.41) is 2.49. The number of rotatable bonds is 3. The van der Waals surface area contributed by atoms with Gasteiger partial charge in [0.2, 0.25) is 0 Å². The van der Waals surface area contributed by atoms with E-state index >= 15 is 0 Å². The Labute approximate surface area is 165 Å². The maximum Gasteiger partial charge on any atom is 0.331 e. The Morgan fingerprint density at radius 3 is 2.41 bits per heavy atom. The number of urea groups is 1. The zero-order chi connectivity index (χ0) is 20.5. The number of imide groups is 2. The minimum Gasteiger partial charge on any atom is -0.463 e. The molecular weight excluding hydrogens is 372 g/mol. The van der Waals surface area contributed by atoms with Gasteiger partial charge in [0, 0.05) is 0 Å². The first-order valence-corrected chi connectivity index (χ1v) is 8.93. The van der Waals surface area contributed by atoms with Crippen LogP contribution in [0.3, 0.4) is 0 Å². The number of amides is 4. The Bertz CT molecular complexity index is 1230. The third-order valence-electron chi connectivity index (χ3n) is 4.81. The smallest absolute Gasteiger partial charge is 0.331 e. The van der Waals surface area contributed by atoms with Crippen molar-refractivity contribution < 1.29 is 18.8 Å². The van der Waals surface area contributed by atoms with Crippen molar-refractivity contribution in [3.05, 3.63) is 87.8 Å². The Balaban J connectivity index is 1.76. The number of hydrogen-bond acceptors (Lipinski definition) is 5. The van der Waals surface area contributed by atoms with Crippen LogP contribution in [-0.4, -0.2) is 22.7 Å². The van der Waals surface area contributed by atoms with Crippen LogP contribution in [0.5, 0.6) is 0 Å². The van der Waals surface area contributed by atoms with Gasteiger partial charge in [0.15, 0.2) is 5.43 Å². The molecule has 1 aromatic heterocycles. The summed E-state index contributed by atoms with van der Waals surface area (Å²) in [4.78, 5) is 51.3. The average Bonchev–Trinajstić information content (AvgIpc) is 2.73. The first-order chi connectivity index (χ1) is 14.0. The molecule has 144 valence electrons. The van der Waals surface area contributed by atoms with Crippen molar-refractivity contribution >= 4 is 34.9 Å². The molecule has 4 amide bonds. The van der Waals surface area contributed by atoms with Crippen LogP contribution >= 0.6 is 0 Å². The van der Waals surface area contributed by atoms with Crippen LogP contribution in [-0.2, 0) is 9.59 Å². The molecule has 1 N–H and O–H groups in total. The molecule has 0 radical (unpaired) electrons. The van der Waals surface area contributed by atoms with Crippen molar-refractivity contribution in [3.8, 4) is 0 Å². The predicted octanol–water partition coefficient (Wildman–Crippen LogP) is 3.02. The van der Waals surface area contributed by atoms with Gasteiger partial charge in [-0.1, -0.05) is 42.5 Å². The quantitative estimate of drug-likeness (QED) is 0.550. The van der Waals surface area contributed by atoms with Crippen LogP contribution < -0.4 is 10.7 Å². The topological polar surface area (TPSA) is 96.7 Å². The lowest BCUT2D eigenvalue weighted by atomic mass is 10.0. The van der Waals surface area contributed by atoms with E-state index < -0.39 is 23.9 Å². The van der Waals surface area contributed by atoms with Crippen molar-refractivity contribution in [2.75, 3.05) is 0 Å². The summed E-state index contributed by atoms with van der Waals surface area (Å²) < 4.78 is 5.43. The molecule has 29 heavy (non-hydrogen) atoms. The SMILES string of the molecule is CC(c1ccccc1)N1C(=O)NC(=O)C(=Cc2coc3ccccc3c2=O)C1=O. The minimum absolute atomic E-state index is 0.0452. The molecule has 0 saturated carbocycles. The Kier molecular flexibility index (Phi) is 4.56. The van der Waals surface area contributed by atoms with Gasteiger partial charge >= 0.3 is 6.03 Å². The average molecular weight is 388 g/mol. The lowest BCUT2D eigenvalue weighted by Crippen LogP contribution is -2.54. The highest BCUT2D eigenvalue weighted by Gasteiger charge is 2.39. The molecule has 0 bridgehead atoms. The molecule has 2 heterocycles. The van der Waals surface area contributed by atoms with Crippen molar-refractivity contribution in [2.24, 2.45) is 0 Å². The fourth-order valence-electron chi connectivity index (χ4n) is 3.25. The Morgan fingerprint density at radius 1 is 0.966 bits per heavy atom. The zero-order valence-electron chi connectivity index (χ0n) is 15.4. The molecule has 1 aliphatic heterocycles. The third-order valence-corrected chi connectivity index (χ3v) is 4.81. The van der Waals surface area contributed by atoms with E-state index in [1.807, 2.05) is 6.07 Å². The minimum atomic E-state index is -0.857. The van der Waals surface area contributed by atoms with E-state index in [0.717, 1.165) is 16.5 Å². The van der Waals surface area contributed by atoms with Gasteiger partial charge in [0.05, 0.1) is 17.0 Å². The van der Waals surface area contributed by atoms with Gasteiger partial charge < -0.3 is 4.42 Å². The number of nitrogens with one attached hydrogen (secondary N) is 1. The lowest BCUT2D eigenvalue weighted by Gasteiger charge is -2.31. The summed E-state index contributed by atoms with van der Waals surface area (Å²) in [6.07, 6.45) is 2.35. The van der Waals surface area contributed by atoms with Gasteiger partial charge in [-0.2, -0.15) is 0 Å². The molecule has 2 aromatic carbocycles. The van der Waals surface area contributed by atoms with E-state index in [1.54, 1.807) is 55.5 Å². The fourth-order valence-corrected chi connectivity index (χ4v) is 3.25. The normalized spacial score (nSPS) is 16.9. The molecule has 7 heteroatoms. The summed E-state index contributed by atoms with van der Waals surface area (Å²) in [5.41, 5.74) is 0.488. The highest BCUT2D eigenvalue weighted by Crippen LogP contribution is 2.25. The number of nitrogens with zero attached hydrogens (tertiary/aromatic N) is 1. The molecule has 7 nitrogen and oxygen atoms in total. The number of fused-ring (bicyclic) bond motifs is 1. The number of benzene rings is 2. The second kappa shape index (κ2) is 7.20. The molecular formula is C22H16N2O5. The van der Waals surface area contributed by atoms with Crippen LogP contribution in [0.1, 0.15) is 24.1 Å². The number of para-hydroxylation sites is 1. The molecule has 1 unspecified atom stereocenters. The van der Waals surface area contributed by atoms with E-state index in [2.05, 4.69) is 5.32 Å². The Morgan fingerprint density at radius 2 is 1.66 bits per heavy atom. The van der Waals surface area contributed by atoms with E-state index in [0.29, 0.717) is 11.0 Å². The van der Waals surface area contributed by atoms with Crippen LogP contribution in [0, 0.1) is 0 Å². The summed E-state index contributed by atoms with van der Waals surface area (Å²) in [5.74, 6) is -1.63. The van der Waals surface area contributed by atoms with Crippen molar-refractivity contribution in [3.63, 3.8) is 0 Å². The largest absolute Gasteiger partial charge is 0.463 e. The standard InChI is InChI=1S/C22H16N2O5/c1-13(14-7-3-2-4-8-14)24-21(27)17(20(26)23-22(24)28)11-15-12-29-18-10-6-5-9-16(18)19(15)25/h2-13H,1H3,(H,23,26,28). The van der Waals surface area contributed by atoms with Gasteiger partial charge in [-0.15, -0.1) is 0 Å². The Hall–Kier alpha value is -4.00. The third kappa shape index (κ3) is 3.23. The van der Waals surface area contributed by atoms with Gasteiger partial charge in [-0.25, -0.2) is 4.79 Å². The van der Waals surface area contributed by atoms with Gasteiger partial charge in [-0.3, -0.25) is 24.6 Å². The van der Waals surface area contributed by atoms with E-state index in [9.17, 15) is 19.2 Å². The number of carbonyl (C=O) groups excluding carboxylic acids is 3. The van der Waals surface area contributed by atoms with Crippen LogP contribution in [0.25, 0.3) is 17.0 Å². The first-order valence-electron chi connectivity index (χ1n) is 8.93. The maximum absolute atomic E-state index is 13.0. The van der Waals surface area contributed by atoms with Gasteiger partial charge in [0.25, 0.3) is 11.8 Å². The van der Waals surface area contributed by atoms with Crippen molar-refractivity contribution in [1.29, 1.82) is 0 Å². The summed E-state index contributed by atoms with van der Waals surface area (Å²) in [7, 11) is 0. The first kappa shape index (κ1) is 18.4. The zero-order valence-corrected chi connectivity index (χ0v) is 15.4. The van der Waals surface area contributed by atoms with Crippen molar-refractivity contribution in [1.82, 2.24) is 10.2 Å². The van der Waals surface area contributed by atoms with Gasteiger partial charge in [0.1, 0.15) is 17.4 Å². The monoisotopic (exact) mass is 388 g/mol. The maximum atomic E-state index is 13.0. The highest BCUT2D eigenvalue weighted by atomic mass is 16.3. The second-order valence-electron chi connectivity index (χ2n) is 6.60. The number of carbonyl (C=O) groups is 3. The van der Waals surface area contributed by atoms with E-state index in [-0.39, 0.29) is 16.6 Å². The summed E-state index contributed by atoms with van der Waals surface area (Å²) in [6.45, 7) is 1.69. The van der Waals surface area contributed by atoms with E-state index in [1.165, 1.54) is 6.26 Å². The molecule has 1 fully saturated rings. The summed E-state index contributed by atoms with van der Waals surface area (Å²) >= 11 is 0. The molecule has 1 atom stereocenters. The summed E-state index contributed by atoms with van der Waals surface area (Å²) in [6, 6.07) is 14.2. The van der Waals surface area contributed by atoms with Crippen LogP contribution in [0.15, 0.2) is 75.6 Å². The van der Waals surface area contributed by atoms with Gasteiger partial charge in [-0.05, 0) is 30.7 Å². The molecule has 4 rings (SSSR count). The molecule has 0 aliphatic carbocycles. The highest BCUT2D eigenvalue weighted by molar-refractivity contribution is 6.31. The fraction of sp³-hybridized carbons (Fsp3) is 0.0909.